The molecule has 0 atom stereocenters. The molecule has 0 aliphatic carbocycles. The minimum absolute atomic E-state index is 0.973. The second kappa shape index (κ2) is 35.3. The van der Waals surface area contributed by atoms with Crippen LogP contribution in [0.4, 0.5) is 0 Å². The van der Waals surface area contributed by atoms with Gasteiger partial charge in [0.05, 0.1) is 0 Å². The van der Waals surface area contributed by atoms with Gasteiger partial charge in [0.2, 0.25) is 0 Å². The maximum atomic E-state index is 5.86. The molecule has 0 unspecified atom stereocenters. The molecule has 0 amide bonds. The van der Waals surface area contributed by atoms with E-state index in [0.29, 0.717) is 0 Å². The van der Waals surface area contributed by atoms with Gasteiger partial charge in [0.25, 0.3) is 0 Å². The van der Waals surface area contributed by atoms with Crippen molar-refractivity contribution in [3.8, 4) is 0 Å². The van der Waals surface area contributed by atoms with Crippen LogP contribution < -0.4 is 0 Å². The van der Waals surface area contributed by atoms with Gasteiger partial charge in [-0.2, -0.15) is 0 Å². The highest BCUT2D eigenvalue weighted by molar-refractivity contribution is 6.09. The van der Waals surface area contributed by atoms with Crippen molar-refractivity contribution < 1.29 is 17.7 Å². The van der Waals surface area contributed by atoms with Gasteiger partial charge in [-0.15, -0.1) is 0 Å². The summed E-state index contributed by atoms with van der Waals surface area (Å²) < 4.78 is 23.3. The summed E-state index contributed by atoms with van der Waals surface area (Å²) in [6.45, 7) is 37.6. The predicted molar refractivity (Wildman–Crippen MR) is 461 cm³/mol. The molecule has 7 heterocycles. The first-order valence-electron chi connectivity index (χ1n) is 37.1. The van der Waals surface area contributed by atoms with Gasteiger partial charge in [-0.3, -0.25) is 15.0 Å². The van der Waals surface area contributed by atoms with Crippen LogP contribution in [0.15, 0.2) is 291 Å². The van der Waals surface area contributed by atoms with Crippen molar-refractivity contribution in [2.24, 2.45) is 0 Å². The number of furan rings is 4. The fourth-order valence-corrected chi connectivity index (χ4v) is 13.9. The number of pyridine rings is 3. The van der Waals surface area contributed by atoms with Gasteiger partial charge in [0.1, 0.15) is 44.7 Å². The van der Waals surface area contributed by atoms with Crippen LogP contribution in [0.3, 0.4) is 0 Å². The Balaban J connectivity index is 0.000000122. The molecule has 0 saturated heterocycles. The summed E-state index contributed by atoms with van der Waals surface area (Å²) in [5.41, 5.74) is 30.3. The Morgan fingerprint density at radius 2 is 0.639 bits per heavy atom. The molecule has 19 aromatic rings. The van der Waals surface area contributed by atoms with E-state index in [1.54, 1.807) is 0 Å². The van der Waals surface area contributed by atoms with Crippen LogP contribution >= 0.6 is 0 Å². The third-order valence-electron chi connectivity index (χ3n) is 19.1. The van der Waals surface area contributed by atoms with E-state index >= 15 is 0 Å². The zero-order valence-corrected chi connectivity index (χ0v) is 66.0. The quantitative estimate of drug-likeness (QED) is 0.149. The van der Waals surface area contributed by atoms with Crippen molar-refractivity contribution in [2.45, 2.75) is 125 Å². The molecule has 7 aromatic heterocycles. The number of hydrogen-bond acceptors (Lipinski definition) is 7. The molecule has 0 bridgehead atoms. The van der Waals surface area contributed by atoms with Crippen LogP contribution in [-0.4, -0.2) is 15.0 Å². The summed E-state index contributed by atoms with van der Waals surface area (Å²) in [5.74, 6) is 0. The zero-order valence-electron chi connectivity index (χ0n) is 66.0. The van der Waals surface area contributed by atoms with Crippen LogP contribution in [0, 0.1) is 125 Å². The first-order chi connectivity index (χ1) is 52.0. The van der Waals surface area contributed by atoms with Gasteiger partial charge in [-0.05, 0) is 296 Å². The van der Waals surface area contributed by atoms with Crippen LogP contribution in [0.25, 0.3) is 109 Å². The maximum absolute atomic E-state index is 5.86. The van der Waals surface area contributed by atoms with Gasteiger partial charge in [0, 0.05) is 78.8 Å². The highest BCUT2D eigenvalue weighted by Gasteiger charge is 2.13. The normalized spacial score (nSPS) is 10.7. The molecule has 108 heavy (non-hydrogen) atoms. The summed E-state index contributed by atoms with van der Waals surface area (Å²) in [6.07, 6.45) is 5.53. The number of aromatic nitrogens is 3. The van der Waals surface area contributed by atoms with Crippen LogP contribution in [0.1, 0.15) is 101 Å². The number of para-hydroxylation sites is 3. The minimum atomic E-state index is 0.973. The molecular weight excluding hydrogens is 1320 g/mol. The van der Waals surface area contributed by atoms with E-state index in [9.17, 15) is 0 Å². The zero-order chi connectivity index (χ0) is 76.7. The number of rotatable bonds is 0. The first kappa shape index (κ1) is 76.9. The molecule has 0 saturated carbocycles. The Morgan fingerprint density at radius 3 is 1.15 bits per heavy atom. The lowest BCUT2D eigenvalue weighted by atomic mass is 10.0. The fourth-order valence-electron chi connectivity index (χ4n) is 13.9. The van der Waals surface area contributed by atoms with E-state index in [1.165, 1.54) is 148 Å². The summed E-state index contributed by atoms with van der Waals surface area (Å²) in [6, 6.07) is 88.1. The van der Waals surface area contributed by atoms with E-state index in [1.807, 2.05) is 114 Å². The molecule has 0 aliphatic heterocycles. The van der Waals surface area contributed by atoms with Crippen molar-refractivity contribution >= 4 is 109 Å². The molecule has 0 radical (unpaired) electrons. The lowest BCUT2D eigenvalue weighted by Gasteiger charge is -2.04. The van der Waals surface area contributed by atoms with Crippen LogP contribution in [0.2, 0.25) is 0 Å². The maximum Gasteiger partial charge on any atom is 0.138 e. The van der Waals surface area contributed by atoms with E-state index in [0.717, 1.165) is 61.7 Å². The standard InChI is InChI=1S/4C14H12O.2C12H12.3C7H9N/c1-9-3-5-11-12-6-4-10(2)8-14(12)15-13(11)7-9;1-9-7-10(2)14-12(8-9)11-5-3-4-6-13(11)15-14;1-9-7-10(2)14-11-5-3-4-6-12(11)15-13(14)8-9;1-9-7-8-10(2)14-13(9)11-5-3-4-6-12(11)15-14;1-9-5-3-7-11-8-4-6-10(2)12(9)11;1-9-7-8-10(2)12-6-4-3-5-11(9)12;1-6-3-7(2)5-8-4-6;1-6-3-4-8-7(2)5-6;1-6-4-3-5-7(2)8-6/h4*3-8H,1-2H3;2*3-8H,1-2H3;3*3-5H,1-2H3. The fraction of sp³-hybridized carbons (Fsp3) is 0.178. The third kappa shape index (κ3) is 19.1. The molecule has 0 fully saturated rings. The van der Waals surface area contributed by atoms with Crippen molar-refractivity contribution in [1.29, 1.82) is 0 Å². The third-order valence-corrected chi connectivity index (χ3v) is 19.1. The summed E-state index contributed by atoms with van der Waals surface area (Å²) in [7, 11) is 0. The average Bonchev–Trinajstić information content (AvgIpc) is 1.66. The van der Waals surface area contributed by atoms with Crippen molar-refractivity contribution in [2.75, 3.05) is 0 Å². The van der Waals surface area contributed by atoms with Gasteiger partial charge in [-0.1, -0.05) is 188 Å². The first-order valence-corrected chi connectivity index (χ1v) is 37.1. The number of fused-ring (bicyclic) bond motifs is 14. The highest BCUT2D eigenvalue weighted by atomic mass is 16.3. The summed E-state index contributed by atoms with van der Waals surface area (Å²) >= 11 is 0. The van der Waals surface area contributed by atoms with Crippen molar-refractivity contribution in [1.82, 2.24) is 15.0 Å². The molecule has 19 rings (SSSR count). The van der Waals surface area contributed by atoms with Crippen molar-refractivity contribution in [3.63, 3.8) is 0 Å². The van der Waals surface area contributed by atoms with Gasteiger partial charge in [0.15, 0.2) is 0 Å². The average molecular weight is 1420 g/mol. The highest BCUT2D eigenvalue weighted by Crippen LogP contribution is 2.36. The Morgan fingerprint density at radius 1 is 0.213 bits per heavy atom. The molecule has 0 N–H and O–H groups in total. The molecular formula is C101H99N3O4. The number of aryl methyl sites for hydroxylation is 18. The molecule has 542 valence electrons. The molecule has 12 aromatic carbocycles. The molecule has 0 spiro atoms. The monoisotopic (exact) mass is 1420 g/mol. The Hall–Kier alpha value is -12.2. The number of benzene rings is 12. The lowest BCUT2D eigenvalue weighted by Crippen LogP contribution is -1.81. The van der Waals surface area contributed by atoms with Gasteiger partial charge in [-0.25, -0.2) is 0 Å². The Labute approximate surface area is 636 Å². The Bertz CT molecular complexity index is 6020. The predicted octanol–water partition coefficient (Wildman–Crippen LogP) is 28.8. The molecule has 7 heteroatoms. The largest absolute Gasteiger partial charge is 0.456 e. The van der Waals surface area contributed by atoms with Crippen LogP contribution in [0.5, 0.6) is 0 Å². The molecule has 7 nitrogen and oxygen atoms in total. The van der Waals surface area contributed by atoms with Crippen LogP contribution in [-0.2, 0) is 0 Å². The topological polar surface area (TPSA) is 91.2 Å². The second-order valence-electron chi connectivity index (χ2n) is 28.6. The summed E-state index contributed by atoms with van der Waals surface area (Å²) in [4.78, 5) is 12.2. The van der Waals surface area contributed by atoms with E-state index in [-0.39, 0.29) is 0 Å². The van der Waals surface area contributed by atoms with Gasteiger partial charge >= 0.3 is 0 Å². The van der Waals surface area contributed by atoms with Crippen molar-refractivity contribution in [3.05, 3.63) is 374 Å². The van der Waals surface area contributed by atoms with E-state index in [2.05, 4.69) is 299 Å². The minimum Gasteiger partial charge on any atom is -0.456 e. The lowest BCUT2D eigenvalue weighted by molar-refractivity contribution is 0.665. The SMILES string of the molecule is Cc1cc(C)c2c(c1)oc1ccccc12.Cc1cc(C)c2oc3ccccc3c2c1.Cc1ccc(C)c2c1oc1ccccc12.Cc1ccc(C)c2ccccc12.Cc1ccc2c(c1)oc1cc(C)ccc12.Cc1cccc(C)n1.Cc1cccc2cccc(C)c12.Cc1ccnc(C)c1.Cc1cncc(C)c1. The van der Waals surface area contributed by atoms with Gasteiger partial charge < -0.3 is 17.7 Å². The number of nitrogens with zero attached hydrogens (tertiary/aromatic N) is 3. The smallest absolute Gasteiger partial charge is 0.138 e. The number of hydrogen-bond donors (Lipinski definition) is 0. The summed E-state index contributed by atoms with van der Waals surface area (Å²) in [5, 5.41) is 15.3. The van der Waals surface area contributed by atoms with E-state index < -0.39 is 0 Å². The van der Waals surface area contributed by atoms with E-state index in [4.69, 9.17) is 17.7 Å². The Kier molecular flexibility index (Phi) is 25.1. The second-order valence-corrected chi connectivity index (χ2v) is 28.6. The molecule has 0 aliphatic rings.